The van der Waals surface area contributed by atoms with Crippen LogP contribution in [-0.2, 0) is 14.3 Å². The van der Waals surface area contributed by atoms with Crippen LogP contribution in [0.25, 0.3) is 6.08 Å². The van der Waals surface area contributed by atoms with Gasteiger partial charge in [-0.05, 0) is 54.8 Å². The van der Waals surface area contributed by atoms with Crippen molar-refractivity contribution in [1.29, 1.82) is 0 Å². The van der Waals surface area contributed by atoms with Gasteiger partial charge < -0.3 is 19.5 Å². The van der Waals surface area contributed by atoms with Crippen LogP contribution in [0.1, 0.15) is 16.7 Å². The predicted octanol–water partition coefficient (Wildman–Crippen LogP) is 3.23. The summed E-state index contributed by atoms with van der Waals surface area (Å²) in [5, 5.41) is 2.74. The molecule has 0 atom stereocenters. The molecule has 1 heterocycles. The molecule has 0 aromatic heterocycles. The van der Waals surface area contributed by atoms with Crippen LogP contribution < -0.4 is 14.8 Å². The number of carbonyl (C=O) groups is 2. The molecule has 1 N–H and O–H groups in total. The SMILES string of the molecule is Cc1cccc(NC(=O)COC(=O)/C=C/c2ccc3c(c2)OCO3)c1C. The van der Waals surface area contributed by atoms with E-state index < -0.39 is 5.97 Å². The lowest BCUT2D eigenvalue weighted by molar-refractivity contribution is -0.142. The highest BCUT2D eigenvalue weighted by Gasteiger charge is 2.12. The number of aryl methyl sites for hydroxylation is 1. The van der Waals surface area contributed by atoms with E-state index >= 15 is 0 Å². The fourth-order valence-electron chi connectivity index (χ4n) is 2.44. The number of rotatable bonds is 5. The van der Waals surface area contributed by atoms with Crippen LogP contribution in [-0.4, -0.2) is 25.3 Å². The van der Waals surface area contributed by atoms with Crippen LogP contribution in [0, 0.1) is 13.8 Å². The minimum absolute atomic E-state index is 0.195. The van der Waals surface area contributed by atoms with Crippen molar-refractivity contribution in [3.8, 4) is 11.5 Å². The average Bonchev–Trinajstić information content (AvgIpc) is 3.10. The maximum atomic E-state index is 11.9. The monoisotopic (exact) mass is 353 g/mol. The van der Waals surface area contributed by atoms with Crippen LogP contribution in [0.3, 0.4) is 0 Å². The summed E-state index contributed by atoms with van der Waals surface area (Å²) in [5.74, 6) is 0.323. The molecular formula is C20H19NO5. The van der Waals surface area contributed by atoms with Gasteiger partial charge in [0.1, 0.15) is 0 Å². The van der Waals surface area contributed by atoms with Gasteiger partial charge in [0.05, 0.1) is 0 Å². The van der Waals surface area contributed by atoms with Crippen molar-refractivity contribution in [2.45, 2.75) is 13.8 Å². The molecule has 26 heavy (non-hydrogen) atoms. The van der Waals surface area contributed by atoms with E-state index in [0.717, 1.165) is 16.7 Å². The Bertz CT molecular complexity index is 873. The first kappa shape index (κ1) is 17.5. The van der Waals surface area contributed by atoms with Crippen LogP contribution in [0.4, 0.5) is 5.69 Å². The van der Waals surface area contributed by atoms with Gasteiger partial charge in [0, 0.05) is 11.8 Å². The van der Waals surface area contributed by atoms with Gasteiger partial charge in [0.2, 0.25) is 6.79 Å². The number of fused-ring (bicyclic) bond motifs is 1. The van der Waals surface area contributed by atoms with Crippen molar-refractivity contribution in [2.75, 3.05) is 18.7 Å². The largest absolute Gasteiger partial charge is 0.454 e. The minimum Gasteiger partial charge on any atom is -0.454 e. The van der Waals surface area contributed by atoms with Gasteiger partial charge in [-0.15, -0.1) is 0 Å². The number of carbonyl (C=O) groups excluding carboxylic acids is 2. The Kier molecular flexibility index (Phi) is 5.22. The topological polar surface area (TPSA) is 73.9 Å². The molecule has 0 bridgehead atoms. The number of nitrogens with one attached hydrogen (secondary N) is 1. The van der Waals surface area contributed by atoms with Crippen molar-refractivity contribution in [2.24, 2.45) is 0 Å². The van der Waals surface area contributed by atoms with Crippen molar-refractivity contribution in [3.05, 3.63) is 59.2 Å². The van der Waals surface area contributed by atoms with E-state index in [4.69, 9.17) is 14.2 Å². The van der Waals surface area contributed by atoms with E-state index in [1.165, 1.54) is 6.08 Å². The summed E-state index contributed by atoms with van der Waals surface area (Å²) < 4.78 is 15.5. The molecule has 1 aliphatic heterocycles. The van der Waals surface area contributed by atoms with Gasteiger partial charge in [-0.25, -0.2) is 4.79 Å². The third-order valence-corrected chi connectivity index (χ3v) is 4.03. The van der Waals surface area contributed by atoms with Crippen LogP contribution in [0.2, 0.25) is 0 Å². The summed E-state index contributed by atoms with van der Waals surface area (Å²) >= 11 is 0. The second-order valence-electron chi connectivity index (χ2n) is 5.85. The van der Waals surface area contributed by atoms with E-state index in [0.29, 0.717) is 17.2 Å². The highest BCUT2D eigenvalue weighted by atomic mass is 16.7. The molecule has 0 aliphatic carbocycles. The number of ether oxygens (including phenoxy) is 3. The lowest BCUT2D eigenvalue weighted by atomic mass is 10.1. The zero-order chi connectivity index (χ0) is 18.5. The van der Waals surface area contributed by atoms with Crippen LogP contribution in [0.15, 0.2) is 42.5 Å². The fourth-order valence-corrected chi connectivity index (χ4v) is 2.44. The fraction of sp³-hybridized carbons (Fsp3) is 0.200. The Hall–Kier alpha value is -3.28. The Morgan fingerprint density at radius 2 is 1.96 bits per heavy atom. The molecular weight excluding hydrogens is 334 g/mol. The summed E-state index contributed by atoms with van der Waals surface area (Å²) in [6.45, 7) is 3.73. The zero-order valence-electron chi connectivity index (χ0n) is 14.6. The molecule has 134 valence electrons. The maximum Gasteiger partial charge on any atom is 0.331 e. The van der Waals surface area contributed by atoms with Gasteiger partial charge in [-0.1, -0.05) is 18.2 Å². The first-order chi connectivity index (χ1) is 12.5. The number of amides is 1. The standard InChI is InChI=1S/C20H19NO5/c1-13-4-3-5-16(14(13)2)21-19(22)11-24-20(23)9-7-15-6-8-17-18(10-15)26-12-25-17/h3-10H,11-12H2,1-2H3,(H,21,22)/b9-7+. The smallest absolute Gasteiger partial charge is 0.331 e. The molecule has 6 heteroatoms. The predicted molar refractivity (Wildman–Crippen MR) is 97.1 cm³/mol. The highest BCUT2D eigenvalue weighted by molar-refractivity contribution is 5.95. The summed E-state index contributed by atoms with van der Waals surface area (Å²) in [5.41, 5.74) is 3.54. The first-order valence-corrected chi connectivity index (χ1v) is 8.13. The number of benzene rings is 2. The second kappa shape index (κ2) is 7.74. The van der Waals surface area contributed by atoms with E-state index in [-0.39, 0.29) is 19.3 Å². The highest BCUT2D eigenvalue weighted by Crippen LogP contribution is 2.32. The van der Waals surface area contributed by atoms with E-state index in [2.05, 4.69) is 5.32 Å². The van der Waals surface area contributed by atoms with Gasteiger partial charge in [0.25, 0.3) is 5.91 Å². The average molecular weight is 353 g/mol. The molecule has 6 nitrogen and oxygen atoms in total. The summed E-state index contributed by atoms with van der Waals surface area (Å²) in [4.78, 5) is 23.7. The lowest BCUT2D eigenvalue weighted by Gasteiger charge is -2.10. The van der Waals surface area contributed by atoms with E-state index in [9.17, 15) is 9.59 Å². The van der Waals surface area contributed by atoms with E-state index in [1.807, 2.05) is 32.0 Å². The van der Waals surface area contributed by atoms with Crippen LogP contribution in [0.5, 0.6) is 11.5 Å². The Labute approximate surface area is 151 Å². The zero-order valence-corrected chi connectivity index (χ0v) is 14.6. The Morgan fingerprint density at radius 3 is 2.81 bits per heavy atom. The number of hydrogen-bond donors (Lipinski definition) is 1. The van der Waals surface area contributed by atoms with E-state index in [1.54, 1.807) is 24.3 Å². The summed E-state index contributed by atoms with van der Waals surface area (Å²) in [6, 6.07) is 11.0. The molecule has 3 rings (SSSR count). The van der Waals surface area contributed by atoms with Gasteiger partial charge in [0.15, 0.2) is 18.1 Å². The molecule has 2 aromatic rings. The second-order valence-corrected chi connectivity index (χ2v) is 5.85. The molecule has 0 spiro atoms. The molecule has 1 aliphatic rings. The molecule has 0 saturated heterocycles. The Balaban J connectivity index is 1.50. The molecule has 2 aromatic carbocycles. The van der Waals surface area contributed by atoms with Crippen molar-refractivity contribution >= 4 is 23.6 Å². The Morgan fingerprint density at radius 1 is 1.15 bits per heavy atom. The molecule has 1 amide bonds. The number of anilines is 1. The van der Waals surface area contributed by atoms with Gasteiger partial charge >= 0.3 is 5.97 Å². The lowest BCUT2D eigenvalue weighted by Crippen LogP contribution is -2.20. The van der Waals surface area contributed by atoms with Gasteiger partial charge in [-0.3, -0.25) is 4.79 Å². The third-order valence-electron chi connectivity index (χ3n) is 4.03. The molecule has 0 radical (unpaired) electrons. The van der Waals surface area contributed by atoms with Crippen molar-refractivity contribution in [3.63, 3.8) is 0 Å². The first-order valence-electron chi connectivity index (χ1n) is 8.13. The maximum absolute atomic E-state index is 11.9. The quantitative estimate of drug-likeness (QED) is 0.660. The van der Waals surface area contributed by atoms with Crippen LogP contribution >= 0.6 is 0 Å². The van der Waals surface area contributed by atoms with Crippen molar-refractivity contribution in [1.82, 2.24) is 0 Å². The third kappa shape index (κ3) is 4.22. The van der Waals surface area contributed by atoms with Crippen molar-refractivity contribution < 1.29 is 23.8 Å². The molecule has 0 saturated carbocycles. The summed E-state index contributed by atoms with van der Waals surface area (Å²) in [6.07, 6.45) is 2.86. The minimum atomic E-state index is -0.598. The summed E-state index contributed by atoms with van der Waals surface area (Å²) in [7, 11) is 0. The normalized spacial score (nSPS) is 12.2. The molecule has 0 unspecified atom stereocenters. The number of hydrogen-bond acceptors (Lipinski definition) is 5. The molecule has 0 fully saturated rings. The van der Waals surface area contributed by atoms with Gasteiger partial charge in [-0.2, -0.15) is 0 Å². The number of esters is 1.